The number of ether oxygens (including phenoxy) is 7. The van der Waals surface area contributed by atoms with E-state index in [1.807, 2.05) is 101 Å². The molecule has 0 aliphatic heterocycles. The Kier molecular flexibility index (Phi) is 37.6. The topological polar surface area (TPSA) is 102 Å². The van der Waals surface area contributed by atoms with E-state index in [1.165, 1.54) is 111 Å². The maximum Gasteiger partial charge on any atom is 0.303 e. The summed E-state index contributed by atoms with van der Waals surface area (Å²) in [4.78, 5) is 11.1. The van der Waals surface area contributed by atoms with E-state index < -0.39 is 5.97 Å². The van der Waals surface area contributed by atoms with Crippen molar-refractivity contribution in [3.63, 3.8) is 0 Å². The number of carboxylic acid groups (broad SMARTS) is 1. The van der Waals surface area contributed by atoms with Crippen molar-refractivity contribution in [1.82, 2.24) is 0 Å². The van der Waals surface area contributed by atoms with E-state index in [1.54, 1.807) is 0 Å². The summed E-state index contributed by atoms with van der Waals surface area (Å²) in [6.07, 6.45) is 13.0. The first-order valence-corrected chi connectivity index (χ1v) is 51.6. The number of unbranched alkanes of at least 4 members (excludes halogenated alkanes) is 1. The monoisotopic (exact) mass is 1920 g/mol. The maximum atomic E-state index is 11.1. The highest BCUT2D eigenvalue weighted by Gasteiger charge is 2.22. The van der Waals surface area contributed by atoms with Gasteiger partial charge in [0.05, 0.1) is 6.61 Å². The van der Waals surface area contributed by atoms with Gasteiger partial charge in [0.2, 0.25) is 0 Å². The minimum atomic E-state index is -0.824. The first kappa shape index (κ1) is 107. The third-order valence-electron chi connectivity index (χ3n) is 25.3. The molecule has 1 N–H and O–H groups in total. The Hall–Kier alpha value is -14.9. The van der Waals surface area contributed by atoms with Gasteiger partial charge in [0.15, 0.2) is 0 Å². The lowest BCUT2D eigenvalue weighted by Crippen LogP contribution is -2.22. The molecule has 0 bridgehead atoms. The molecule has 0 aromatic heterocycles. The first-order valence-electron chi connectivity index (χ1n) is 51.6. The molecule has 0 amide bonds. The average molecular weight is 1920 g/mol. The molecular weight excluding hydrogens is 1780 g/mol. The van der Waals surface area contributed by atoms with Gasteiger partial charge in [0, 0.05) is 18.1 Å². The van der Waals surface area contributed by atoms with Crippen LogP contribution >= 0.6 is 0 Å². The van der Waals surface area contributed by atoms with Crippen LogP contribution in [-0.4, -0.2) is 23.3 Å². The highest BCUT2D eigenvalue weighted by atomic mass is 16.5. The van der Waals surface area contributed by atoms with Crippen molar-refractivity contribution in [3.05, 3.63) is 437 Å². The van der Waals surface area contributed by atoms with Gasteiger partial charge in [0.25, 0.3) is 0 Å². The Morgan fingerprint density at radius 2 is 0.621 bits per heavy atom. The molecule has 0 saturated carbocycles. The normalized spacial score (nSPS) is 11.4. The Bertz CT molecular complexity index is 7100. The lowest BCUT2D eigenvalue weighted by molar-refractivity contribution is -0.137. The minimum Gasteiger partial charge on any atom is -0.493 e. The Balaban J connectivity index is 0.000000152. The predicted molar refractivity (Wildman–Crippen MR) is 611 cm³/mol. The summed E-state index contributed by atoms with van der Waals surface area (Å²) >= 11 is 0. The fraction of sp³-hybridized carbons (Fsp3) is 0.257. The quantitative estimate of drug-likeness (QED) is 0.0441. The van der Waals surface area contributed by atoms with Crippen LogP contribution in [0.15, 0.2) is 376 Å². The number of carbonyl (C=O) groups is 1. The van der Waals surface area contributed by atoms with Crippen LogP contribution in [0.3, 0.4) is 0 Å². The van der Waals surface area contributed by atoms with Crippen molar-refractivity contribution in [3.8, 4) is 125 Å². The molecule has 0 unspecified atom stereocenters. The fourth-order valence-electron chi connectivity index (χ4n) is 17.0. The number of carboxylic acids is 1. The summed E-state index contributed by atoms with van der Waals surface area (Å²) < 4.78 is 43.2. The van der Waals surface area contributed by atoms with Crippen LogP contribution in [0.2, 0.25) is 0 Å². The molecule has 17 rings (SSSR count). The van der Waals surface area contributed by atoms with E-state index in [0.717, 1.165) is 137 Å². The first-order chi connectivity index (χ1) is 69.6. The maximum absolute atomic E-state index is 11.1. The third-order valence-corrected chi connectivity index (χ3v) is 25.3. The molecule has 0 aliphatic rings. The molecule has 0 fully saturated rings. The fourth-order valence-corrected chi connectivity index (χ4v) is 17.0. The Morgan fingerprint density at radius 1 is 0.290 bits per heavy atom. The highest BCUT2D eigenvalue weighted by molar-refractivity contribution is 5.89. The van der Waals surface area contributed by atoms with Crippen LogP contribution in [0.1, 0.15) is 217 Å². The second kappa shape index (κ2) is 50.8. The molecule has 0 spiro atoms. The van der Waals surface area contributed by atoms with Crippen LogP contribution < -0.4 is 33.2 Å². The number of rotatable bonds is 30. The van der Waals surface area contributed by atoms with Crippen molar-refractivity contribution < 1.29 is 43.1 Å². The molecule has 17 aromatic rings. The summed E-state index contributed by atoms with van der Waals surface area (Å²) in [5, 5.41) is 14.1. The van der Waals surface area contributed by atoms with E-state index in [0.29, 0.717) is 24.5 Å². The molecule has 17 aromatic carbocycles. The number of hydrogen-bond acceptors (Lipinski definition) is 8. The smallest absolute Gasteiger partial charge is 0.303 e. The largest absolute Gasteiger partial charge is 0.493 e. The van der Waals surface area contributed by atoms with Crippen molar-refractivity contribution in [2.45, 2.75) is 225 Å². The number of fused-ring (bicyclic) bond motifs is 2. The number of allylic oxidation sites excluding steroid dienone is 1. The second-order valence-corrected chi connectivity index (χ2v) is 41.6. The molecule has 0 heterocycles. The number of aryl methyl sites for hydroxylation is 7. The zero-order valence-corrected chi connectivity index (χ0v) is 88.9. The molecule has 744 valence electrons. The van der Waals surface area contributed by atoms with Crippen LogP contribution in [0, 0.1) is 20.8 Å². The number of hydrogen-bond donors (Lipinski definition) is 1. The van der Waals surface area contributed by atoms with Crippen molar-refractivity contribution in [1.29, 1.82) is 0 Å². The van der Waals surface area contributed by atoms with Gasteiger partial charge < -0.3 is 38.3 Å². The zero-order chi connectivity index (χ0) is 103. The summed E-state index contributed by atoms with van der Waals surface area (Å²) in [5.74, 6) is 9.27. The van der Waals surface area contributed by atoms with E-state index in [4.69, 9.17) is 38.3 Å². The Labute approximate surface area is 864 Å². The Morgan fingerprint density at radius 3 is 1.02 bits per heavy atom. The zero-order valence-electron chi connectivity index (χ0n) is 88.9. The molecular formula is C136H146O9. The average Bonchev–Trinajstić information content (AvgIpc) is 0.815. The molecule has 9 nitrogen and oxygen atoms in total. The number of benzene rings is 17. The van der Waals surface area contributed by atoms with Gasteiger partial charge in [0.1, 0.15) is 74.6 Å². The predicted octanol–water partition coefficient (Wildman–Crippen LogP) is 39.1. The van der Waals surface area contributed by atoms with Crippen LogP contribution in [0.5, 0.6) is 69.0 Å². The van der Waals surface area contributed by atoms with E-state index in [9.17, 15) is 4.79 Å². The van der Waals surface area contributed by atoms with Crippen LogP contribution in [0.4, 0.5) is 0 Å². The van der Waals surface area contributed by atoms with Gasteiger partial charge in [-0.2, -0.15) is 0 Å². The standard InChI is InChI=1S/C29H30O.C29H28O.C26H28O4.C26H30O2.C26H30O/c2*1-5-8-22-12-14-25(24-13-11-21-9-6-7-10-23(21)19-24)20-28(22)30-27-17-15-26(16-18-27)29(2,3)4;1-3-4-16-29-23-6-5-7-24(18-23)30-25-17-22(20-10-8-19(2)9-11-20)13-12-21(25)14-15-26(27)28;1-6-7-21-12-13-22(20-10-8-19(2)9-11-20)18-25(21)27-23-14-16-24(17-15-23)28-26(3,4)5;1-6-9-20-12-13-21(24-11-8-7-10-19(24)2)18-25(20)27-23-16-14-22(15-17-23)26(3,4)5/h6-7,9-20H,5,8H2,1-4H3;5-20H,1-4H3;5-13,17-18H,3-4,14-16H2,1-2H3,(H,27,28);8-18H,6-7H2,1-5H3;7-8,10-18H,6,9H2,1-5H3/b;8-5+;;;. The molecule has 0 saturated heterocycles. The van der Waals surface area contributed by atoms with Gasteiger partial charge in [-0.1, -0.05) is 388 Å². The summed E-state index contributed by atoms with van der Waals surface area (Å²) in [6, 6.07) is 129. The van der Waals surface area contributed by atoms with Gasteiger partial charge in [-0.25, -0.2) is 0 Å². The second-order valence-electron chi connectivity index (χ2n) is 41.6. The molecule has 145 heavy (non-hydrogen) atoms. The van der Waals surface area contributed by atoms with Crippen molar-refractivity contribution in [2.24, 2.45) is 0 Å². The summed E-state index contributed by atoms with van der Waals surface area (Å²) in [7, 11) is 0. The summed E-state index contributed by atoms with van der Waals surface area (Å²) in [5.41, 5.74) is 25.2. The molecule has 0 aliphatic carbocycles. The van der Waals surface area contributed by atoms with Crippen LogP contribution in [-0.2, 0) is 46.7 Å². The van der Waals surface area contributed by atoms with Gasteiger partial charge >= 0.3 is 5.97 Å². The SMILES string of the molecule is C/C=C/c1ccc(-c2ccc3ccccc3c2)cc1Oc1ccc(C(C)(C)C)cc1.CCCCOc1cccc(Oc2cc(-c3ccc(C)cc3)ccc2CCC(=O)O)c1.CCCc1ccc(-c2ccc(C)cc2)cc1Oc1ccc(OC(C)(C)C)cc1.CCCc1ccc(-c2ccc3ccccc3c2)cc1Oc1ccc(C(C)(C)C)cc1.CCCc1ccc(-c2ccccc2C)cc1Oc1ccc(C(C)(C)C)cc1. The lowest BCUT2D eigenvalue weighted by Gasteiger charge is -2.21. The summed E-state index contributed by atoms with van der Waals surface area (Å²) in [6.45, 7) is 43.9. The van der Waals surface area contributed by atoms with Gasteiger partial charge in [-0.3, -0.25) is 4.79 Å². The van der Waals surface area contributed by atoms with Crippen molar-refractivity contribution in [2.75, 3.05) is 6.61 Å². The molecule has 0 atom stereocenters. The van der Waals surface area contributed by atoms with Crippen LogP contribution in [0.25, 0.3) is 83.3 Å². The van der Waals surface area contributed by atoms with E-state index in [-0.39, 0.29) is 28.3 Å². The van der Waals surface area contributed by atoms with Crippen molar-refractivity contribution >= 4 is 33.6 Å². The minimum absolute atomic E-state index is 0.0560. The molecule has 9 heteroatoms. The highest BCUT2D eigenvalue weighted by Crippen LogP contribution is 2.42. The number of aliphatic carboxylic acids is 1. The third kappa shape index (κ3) is 31.8. The van der Waals surface area contributed by atoms with E-state index >= 15 is 0 Å². The van der Waals surface area contributed by atoms with Gasteiger partial charge in [-0.05, 0) is 334 Å². The lowest BCUT2D eigenvalue weighted by atomic mass is 9.87. The molecule has 0 radical (unpaired) electrons. The van der Waals surface area contributed by atoms with E-state index in [2.05, 4.69) is 420 Å². The van der Waals surface area contributed by atoms with Gasteiger partial charge in [-0.15, -0.1) is 0 Å².